The maximum atomic E-state index is 13.6. The second kappa shape index (κ2) is 8.27. The quantitative estimate of drug-likeness (QED) is 0.312. The molecule has 2 aromatic heterocycles. The number of alkyl halides is 6. The van der Waals surface area contributed by atoms with Gasteiger partial charge < -0.3 is 4.98 Å². The van der Waals surface area contributed by atoms with Gasteiger partial charge in [0.25, 0.3) is 0 Å². The summed E-state index contributed by atoms with van der Waals surface area (Å²) in [4.78, 5) is 14.8. The number of nitrogens with one attached hydrogen (secondary N) is 1. The van der Waals surface area contributed by atoms with Crippen LogP contribution in [-0.4, -0.2) is 40.3 Å². The third-order valence-electron chi connectivity index (χ3n) is 6.44. The zero-order valence-corrected chi connectivity index (χ0v) is 19.9. The van der Waals surface area contributed by atoms with E-state index in [1.807, 2.05) is 0 Å². The highest BCUT2D eigenvalue weighted by Crippen LogP contribution is 2.58. The average molecular weight is 540 g/mol. The molecule has 0 atom stereocenters. The summed E-state index contributed by atoms with van der Waals surface area (Å²) in [6.45, 7) is 1.41. The van der Waals surface area contributed by atoms with E-state index in [0.717, 1.165) is 12.3 Å². The monoisotopic (exact) mass is 540 g/mol. The average Bonchev–Trinajstić information content (AvgIpc) is 3.57. The van der Waals surface area contributed by atoms with Gasteiger partial charge in [-0.05, 0) is 43.2 Å². The van der Waals surface area contributed by atoms with Crippen LogP contribution < -0.4 is 0 Å². The van der Waals surface area contributed by atoms with E-state index in [9.17, 15) is 34.8 Å². The van der Waals surface area contributed by atoms with Crippen molar-refractivity contribution in [3.63, 3.8) is 0 Å². The standard InChI is InChI=1S/C24H18F6N4O2S/c1-2-37(35,36)19-8-13(15-4-3-5-20(34-15)22(6-7-22)24(28,29)30)11-32-21(19)18-10-16-17(33-18)9-14(12-31-16)23(25,26)27/h3-5,8-12,31H,2,6-7H2,1H3. The van der Waals surface area contributed by atoms with Crippen molar-refractivity contribution in [3.05, 3.63) is 60.0 Å². The fraction of sp³-hybridized carbons (Fsp3) is 0.292. The zero-order valence-electron chi connectivity index (χ0n) is 19.1. The van der Waals surface area contributed by atoms with Crippen molar-refractivity contribution in [2.75, 3.05) is 5.75 Å². The Morgan fingerprint density at radius 2 is 1.70 bits per heavy atom. The van der Waals surface area contributed by atoms with Crippen LogP contribution >= 0.6 is 0 Å². The summed E-state index contributed by atoms with van der Waals surface area (Å²) in [6.07, 6.45) is -7.20. The number of pyridine rings is 3. The molecule has 0 unspecified atom stereocenters. The number of rotatable bonds is 5. The highest BCUT2D eigenvalue weighted by Gasteiger charge is 2.65. The number of halogens is 6. The molecule has 1 aliphatic carbocycles. The van der Waals surface area contributed by atoms with E-state index in [1.54, 1.807) is 0 Å². The van der Waals surface area contributed by atoms with Crippen LogP contribution in [0.4, 0.5) is 26.3 Å². The van der Waals surface area contributed by atoms with Crippen molar-refractivity contribution in [1.82, 2.24) is 19.9 Å². The van der Waals surface area contributed by atoms with E-state index in [1.165, 1.54) is 43.5 Å². The van der Waals surface area contributed by atoms with E-state index in [2.05, 4.69) is 19.9 Å². The van der Waals surface area contributed by atoms with Crippen LogP contribution in [0.3, 0.4) is 0 Å². The summed E-state index contributed by atoms with van der Waals surface area (Å²) in [5.74, 6) is -0.319. The van der Waals surface area contributed by atoms with E-state index >= 15 is 0 Å². The minimum absolute atomic E-state index is 0.0277. The number of fused-ring (bicyclic) bond motifs is 1. The molecule has 1 N–H and O–H groups in total. The molecular formula is C24H18F6N4O2S. The number of hydrogen-bond donors (Lipinski definition) is 1. The molecule has 37 heavy (non-hydrogen) atoms. The number of hydrogen-bond acceptors (Lipinski definition) is 5. The van der Waals surface area contributed by atoms with Gasteiger partial charge in [0.15, 0.2) is 9.84 Å². The van der Waals surface area contributed by atoms with Gasteiger partial charge in [0.05, 0.1) is 44.7 Å². The number of aromatic amines is 1. The molecule has 1 saturated carbocycles. The third-order valence-corrected chi connectivity index (χ3v) is 8.18. The van der Waals surface area contributed by atoms with Crippen LogP contribution in [0.15, 0.2) is 53.7 Å². The summed E-state index contributed by atoms with van der Waals surface area (Å²) in [5, 5.41) is 0. The Labute approximate surface area is 207 Å². The molecule has 13 heteroatoms. The van der Waals surface area contributed by atoms with Crippen molar-refractivity contribution < 1.29 is 34.8 Å². The lowest BCUT2D eigenvalue weighted by Crippen LogP contribution is -2.29. The van der Waals surface area contributed by atoms with Gasteiger partial charge in [-0.2, -0.15) is 26.3 Å². The highest BCUT2D eigenvalue weighted by atomic mass is 32.2. The number of aromatic nitrogens is 4. The number of sulfone groups is 1. The van der Waals surface area contributed by atoms with Crippen LogP contribution in [-0.2, 0) is 21.4 Å². The van der Waals surface area contributed by atoms with E-state index < -0.39 is 33.2 Å². The topological polar surface area (TPSA) is 88.6 Å². The Kier molecular flexibility index (Phi) is 5.63. The molecule has 2 aromatic rings. The normalized spacial score (nSPS) is 15.8. The second-order valence-corrected chi connectivity index (χ2v) is 11.0. The van der Waals surface area contributed by atoms with Gasteiger partial charge in [0, 0.05) is 18.0 Å². The minimum Gasteiger partial charge on any atom is -0.359 e. The first-order chi connectivity index (χ1) is 17.2. The van der Waals surface area contributed by atoms with Crippen molar-refractivity contribution in [1.29, 1.82) is 0 Å². The van der Waals surface area contributed by atoms with Crippen molar-refractivity contribution in [2.45, 2.75) is 42.4 Å². The van der Waals surface area contributed by atoms with Crippen LogP contribution in [0, 0.1) is 0 Å². The molecule has 0 aromatic carbocycles. The first-order valence-corrected chi connectivity index (χ1v) is 12.7. The first kappa shape index (κ1) is 25.2. The summed E-state index contributed by atoms with van der Waals surface area (Å²) >= 11 is 0. The van der Waals surface area contributed by atoms with Gasteiger partial charge in [-0.1, -0.05) is 13.0 Å². The van der Waals surface area contributed by atoms with Gasteiger partial charge in [-0.25, -0.2) is 13.4 Å². The molecule has 194 valence electrons. The molecule has 5 rings (SSSR count). The SMILES string of the molecule is CCS(=O)(=O)c1cc(-c2cccc(C3(C(F)(F)F)CC3)n2)cnc1-c1cc2[nH]cc(C(F)(F)F)cc-2n1. The Balaban J connectivity index is 1.62. The lowest BCUT2D eigenvalue weighted by atomic mass is 10.00. The largest absolute Gasteiger partial charge is 0.417 e. The summed E-state index contributed by atoms with van der Waals surface area (Å²) in [7, 11) is -3.93. The smallest absolute Gasteiger partial charge is 0.359 e. The Morgan fingerprint density at radius 1 is 0.973 bits per heavy atom. The second-order valence-electron chi connectivity index (χ2n) is 8.79. The molecule has 0 amide bonds. The Bertz CT molecular complexity index is 1570. The van der Waals surface area contributed by atoms with Crippen molar-refractivity contribution in [2.24, 2.45) is 0 Å². The summed E-state index contributed by atoms with van der Waals surface area (Å²) < 4.78 is 106. The fourth-order valence-corrected chi connectivity index (χ4v) is 5.20. The van der Waals surface area contributed by atoms with Crippen molar-refractivity contribution >= 4 is 9.84 Å². The van der Waals surface area contributed by atoms with E-state index in [4.69, 9.17) is 0 Å². The van der Waals surface area contributed by atoms with Gasteiger partial charge >= 0.3 is 12.4 Å². The summed E-state index contributed by atoms with van der Waals surface area (Å²) in [6, 6.07) is 7.64. The molecule has 6 nitrogen and oxygen atoms in total. The molecule has 0 spiro atoms. The molecule has 2 aliphatic heterocycles. The maximum absolute atomic E-state index is 13.6. The Hall–Kier alpha value is -3.48. The lowest BCUT2D eigenvalue weighted by molar-refractivity contribution is -0.161. The summed E-state index contributed by atoms with van der Waals surface area (Å²) in [5.41, 5.74) is -2.68. The minimum atomic E-state index is -4.60. The van der Waals surface area contributed by atoms with Gasteiger partial charge in [0.2, 0.25) is 0 Å². The maximum Gasteiger partial charge on any atom is 0.417 e. The first-order valence-electron chi connectivity index (χ1n) is 11.1. The van der Waals surface area contributed by atoms with Crippen molar-refractivity contribution in [3.8, 4) is 34.0 Å². The molecule has 0 saturated heterocycles. The molecular weight excluding hydrogens is 522 g/mol. The molecule has 0 bridgehead atoms. The number of nitrogens with zero attached hydrogens (tertiary/aromatic N) is 3. The number of H-pyrrole nitrogens is 1. The van der Waals surface area contributed by atoms with Crippen LogP contribution in [0.5, 0.6) is 0 Å². The Morgan fingerprint density at radius 3 is 2.32 bits per heavy atom. The van der Waals surface area contributed by atoms with Crippen LogP contribution in [0.2, 0.25) is 0 Å². The van der Waals surface area contributed by atoms with Gasteiger partial charge in [-0.15, -0.1) is 0 Å². The van der Waals surface area contributed by atoms with Crippen LogP contribution in [0.1, 0.15) is 31.0 Å². The van der Waals surface area contributed by atoms with Gasteiger partial charge in [0.1, 0.15) is 11.1 Å². The highest BCUT2D eigenvalue weighted by molar-refractivity contribution is 7.91. The van der Waals surface area contributed by atoms with Gasteiger partial charge in [-0.3, -0.25) is 9.97 Å². The van der Waals surface area contributed by atoms with E-state index in [-0.39, 0.29) is 63.2 Å². The predicted molar refractivity (Wildman–Crippen MR) is 121 cm³/mol. The zero-order chi connectivity index (χ0) is 26.8. The molecule has 4 heterocycles. The third kappa shape index (κ3) is 4.34. The molecule has 1 fully saturated rings. The fourth-order valence-electron chi connectivity index (χ4n) is 4.13. The molecule has 0 radical (unpaired) electrons. The lowest BCUT2D eigenvalue weighted by Gasteiger charge is -2.19. The predicted octanol–water partition coefficient (Wildman–Crippen LogP) is 6.04. The molecule has 3 aliphatic rings. The van der Waals surface area contributed by atoms with E-state index in [0.29, 0.717) is 0 Å². The van der Waals surface area contributed by atoms with Crippen LogP contribution in [0.25, 0.3) is 34.0 Å².